The maximum absolute atomic E-state index is 11.2. The minimum atomic E-state index is -0.353. The third kappa shape index (κ3) is 3.66. The third-order valence-corrected chi connectivity index (χ3v) is 3.10. The zero-order valence-corrected chi connectivity index (χ0v) is 12.3. The SMILES string of the molecule is CCN(C)CCNc1c([N+](=O)[O-])c(C(C)C)nn1C. The Morgan fingerprint density at radius 2 is 2.16 bits per heavy atom. The van der Waals surface area contributed by atoms with Gasteiger partial charge in [-0.1, -0.05) is 20.8 Å². The highest BCUT2D eigenvalue weighted by Gasteiger charge is 2.28. The van der Waals surface area contributed by atoms with Crippen LogP contribution < -0.4 is 5.32 Å². The number of nitrogens with zero attached hydrogens (tertiary/aromatic N) is 4. The van der Waals surface area contributed by atoms with E-state index < -0.39 is 0 Å². The van der Waals surface area contributed by atoms with Gasteiger partial charge < -0.3 is 10.2 Å². The van der Waals surface area contributed by atoms with Crippen LogP contribution in [0.3, 0.4) is 0 Å². The van der Waals surface area contributed by atoms with Crippen molar-refractivity contribution in [2.45, 2.75) is 26.7 Å². The molecular formula is C12H23N5O2. The second-order valence-corrected chi connectivity index (χ2v) is 4.94. The molecule has 0 aliphatic carbocycles. The first-order valence-corrected chi connectivity index (χ1v) is 6.52. The molecule has 0 bridgehead atoms. The smallest absolute Gasteiger partial charge is 0.334 e. The van der Waals surface area contributed by atoms with Gasteiger partial charge in [-0.15, -0.1) is 0 Å². The molecule has 0 radical (unpaired) electrons. The minimum absolute atomic E-state index is 0.0282. The number of aryl methyl sites for hydroxylation is 1. The van der Waals surface area contributed by atoms with E-state index in [4.69, 9.17) is 0 Å². The van der Waals surface area contributed by atoms with Gasteiger partial charge in [0.15, 0.2) is 0 Å². The van der Waals surface area contributed by atoms with Crippen LogP contribution in [0.15, 0.2) is 0 Å². The fourth-order valence-electron chi connectivity index (χ4n) is 1.82. The Morgan fingerprint density at radius 3 is 2.63 bits per heavy atom. The molecule has 7 heteroatoms. The average molecular weight is 269 g/mol. The van der Waals surface area contributed by atoms with Gasteiger partial charge in [-0.3, -0.25) is 10.1 Å². The van der Waals surface area contributed by atoms with Crippen LogP contribution in [0.25, 0.3) is 0 Å². The van der Waals surface area contributed by atoms with Gasteiger partial charge in [-0.2, -0.15) is 5.10 Å². The topological polar surface area (TPSA) is 76.2 Å². The zero-order chi connectivity index (χ0) is 14.6. The average Bonchev–Trinajstić information content (AvgIpc) is 2.67. The molecule has 1 aromatic heterocycles. The summed E-state index contributed by atoms with van der Waals surface area (Å²) < 4.78 is 1.55. The Balaban J connectivity index is 2.90. The number of anilines is 1. The summed E-state index contributed by atoms with van der Waals surface area (Å²) >= 11 is 0. The van der Waals surface area contributed by atoms with Crippen LogP contribution in [0, 0.1) is 10.1 Å². The van der Waals surface area contributed by atoms with E-state index in [1.807, 2.05) is 20.9 Å². The van der Waals surface area contributed by atoms with Crippen molar-refractivity contribution in [2.75, 3.05) is 32.0 Å². The number of aromatic nitrogens is 2. The van der Waals surface area contributed by atoms with Crippen LogP contribution in [-0.2, 0) is 7.05 Å². The molecule has 108 valence electrons. The van der Waals surface area contributed by atoms with Gasteiger partial charge in [0.25, 0.3) is 0 Å². The maximum Gasteiger partial charge on any atom is 0.334 e. The van der Waals surface area contributed by atoms with Crippen molar-refractivity contribution >= 4 is 11.5 Å². The molecule has 1 aromatic rings. The highest BCUT2D eigenvalue weighted by molar-refractivity contribution is 5.60. The van der Waals surface area contributed by atoms with Gasteiger partial charge in [-0.25, -0.2) is 4.68 Å². The molecule has 0 amide bonds. The van der Waals surface area contributed by atoms with Crippen LogP contribution in [0.2, 0.25) is 0 Å². The summed E-state index contributed by atoms with van der Waals surface area (Å²) in [6.45, 7) is 8.32. The van der Waals surface area contributed by atoms with E-state index in [-0.39, 0.29) is 16.5 Å². The molecule has 0 spiro atoms. The van der Waals surface area contributed by atoms with E-state index in [2.05, 4.69) is 22.2 Å². The van der Waals surface area contributed by atoms with Crippen molar-refractivity contribution in [3.8, 4) is 0 Å². The number of nitrogens with one attached hydrogen (secondary N) is 1. The van der Waals surface area contributed by atoms with Crippen LogP contribution in [0.4, 0.5) is 11.5 Å². The van der Waals surface area contributed by atoms with Crippen molar-refractivity contribution in [3.05, 3.63) is 15.8 Å². The lowest BCUT2D eigenvalue weighted by Gasteiger charge is -2.14. The zero-order valence-electron chi connectivity index (χ0n) is 12.3. The quantitative estimate of drug-likeness (QED) is 0.603. The summed E-state index contributed by atoms with van der Waals surface area (Å²) in [6.07, 6.45) is 0. The maximum atomic E-state index is 11.2. The number of rotatable bonds is 7. The highest BCUT2D eigenvalue weighted by Crippen LogP contribution is 2.32. The molecule has 0 fully saturated rings. The van der Waals surface area contributed by atoms with Crippen molar-refractivity contribution in [1.82, 2.24) is 14.7 Å². The Hall–Kier alpha value is -1.63. The molecule has 0 aliphatic heterocycles. The lowest BCUT2D eigenvalue weighted by Crippen LogP contribution is -2.25. The van der Waals surface area contributed by atoms with Crippen molar-refractivity contribution in [1.29, 1.82) is 0 Å². The lowest BCUT2D eigenvalue weighted by molar-refractivity contribution is -0.384. The summed E-state index contributed by atoms with van der Waals surface area (Å²) in [5.41, 5.74) is 0.621. The first-order valence-electron chi connectivity index (χ1n) is 6.52. The highest BCUT2D eigenvalue weighted by atomic mass is 16.6. The molecule has 0 aromatic carbocycles. The number of likely N-dealkylation sites (N-methyl/N-ethyl adjacent to an activating group) is 1. The van der Waals surface area contributed by atoms with E-state index in [9.17, 15) is 10.1 Å². The van der Waals surface area contributed by atoms with Gasteiger partial charge in [0, 0.05) is 26.1 Å². The summed E-state index contributed by atoms with van der Waals surface area (Å²) in [5, 5.41) is 18.6. The monoisotopic (exact) mass is 269 g/mol. The second kappa shape index (κ2) is 6.51. The molecule has 0 atom stereocenters. The van der Waals surface area contributed by atoms with E-state index in [0.29, 0.717) is 18.1 Å². The molecule has 1 heterocycles. The Bertz CT molecular complexity index is 442. The van der Waals surface area contributed by atoms with Gasteiger partial charge in [-0.05, 0) is 13.6 Å². The summed E-state index contributed by atoms with van der Waals surface area (Å²) in [7, 11) is 3.74. The van der Waals surface area contributed by atoms with Crippen molar-refractivity contribution < 1.29 is 4.92 Å². The van der Waals surface area contributed by atoms with E-state index >= 15 is 0 Å². The Kier molecular flexibility index (Phi) is 5.29. The van der Waals surface area contributed by atoms with E-state index in [0.717, 1.165) is 13.1 Å². The van der Waals surface area contributed by atoms with E-state index in [1.165, 1.54) is 0 Å². The standard InChI is InChI=1S/C12H23N5O2/c1-6-15(4)8-7-13-12-11(17(18)19)10(9(2)3)14-16(12)5/h9,13H,6-8H2,1-5H3. The Labute approximate surface area is 113 Å². The predicted molar refractivity (Wildman–Crippen MR) is 75.6 cm³/mol. The van der Waals surface area contributed by atoms with Crippen LogP contribution in [-0.4, -0.2) is 46.3 Å². The lowest BCUT2D eigenvalue weighted by atomic mass is 10.1. The summed E-state index contributed by atoms with van der Waals surface area (Å²) in [4.78, 5) is 13.0. The summed E-state index contributed by atoms with van der Waals surface area (Å²) in [6, 6.07) is 0. The third-order valence-electron chi connectivity index (χ3n) is 3.10. The fourth-order valence-corrected chi connectivity index (χ4v) is 1.82. The Morgan fingerprint density at radius 1 is 1.53 bits per heavy atom. The predicted octanol–water partition coefficient (Wildman–Crippen LogP) is 1.82. The number of nitro groups is 1. The minimum Gasteiger partial charge on any atom is -0.363 e. The van der Waals surface area contributed by atoms with Crippen molar-refractivity contribution in [3.63, 3.8) is 0 Å². The fraction of sp³-hybridized carbons (Fsp3) is 0.750. The van der Waals surface area contributed by atoms with Gasteiger partial charge in [0.2, 0.25) is 5.82 Å². The molecule has 1 rings (SSSR count). The molecule has 7 nitrogen and oxygen atoms in total. The second-order valence-electron chi connectivity index (χ2n) is 4.94. The van der Waals surface area contributed by atoms with Crippen LogP contribution in [0.5, 0.6) is 0 Å². The molecule has 19 heavy (non-hydrogen) atoms. The number of hydrogen-bond donors (Lipinski definition) is 1. The molecule has 0 saturated carbocycles. The first-order chi connectivity index (χ1) is 8.88. The van der Waals surface area contributed by atoms with Gasteiger partial charge in [0.1, 0.15) is 5.69 Å². The molecule has 1 N–H and O–H groups in total. The first kappa shape index (κ1) is 15.4. The molecular weight excluding hydrogens is 246 g/mol. The van der Waals surface area contributed by atoms with Gasteiger partial charge >= 0.3 is 5.69 Å². The molecule has 0 aliphatic rings. The van der Waals surface area contributed by atoms with Crippen molar-refractivity contribution in [2.24, 2.45) is 7.05 Å². The molecule has 0 saturated heterocycles. The largest absolute Gasteiger partial charge is 0.363 e. The number of hydrogen-bond acceptors (Lipinski definition) is 5. The van der Waals surface area contributed by atoms with Crippen LogP contribution >= 0.6 is 0 Å². The normalized spacial score (nSPS) is 11.3. The summed E-state index contributed by atoms with van der Waals surface area (Å²) in [5.74, 6) is 0.513. The van der Waals surface area contributed by atoms with E-state index in [1.54, 1.807) is 11.7 Å². The molecule has 0 unspecified atom stereocenters. The van der Waals surface area contributed by atoms with Crippen LogP contribution in [0.1, 0.15) is 32.4 Å². The van der Waals surface area contributed by atoms with Gasteiger partial charge in [0.05, 0.1) is 4.92 Å².